The Balaban J connectivity index is 2.05. The highest BCUT2D eigenvalue weighted by atomic mass is 19.1. The molecule has 0 spiro atoms. The van der Waals surface area contributed by atoms with Crippen LogP contribution in [-0.4, -0.2) is 28.9 Å². The molecule has 2 heterocycles. The summed E-state index contributed by atoms with van der Waals surface area (Å²) in [4.78, 5) is 4.66. The maximum absolute atomic E-state index is 15.0. The third-order valence-electron chi connectivity index (χ3n) is 5.09. The molecule has 7 heteroatoms. The molecule has 0 aliphatic carbocycles. The number of halogens is 1. The zero-order chi connectivity index (χ0) is 20.7. The van der Waals surface area contributed by atoms with E-state index in [1.54, 1.807) is 42.1 Å². The lowest BCUT2D eigenvalue weighted by Gasteiger charge is -2.13. The molecular formula is C22H22FN3O3. The minimum atomic E-state index is -0.423. The number of hydrogen-bond acceptors (Lipinski definition) is 5. The van der Waals surface area contributed by atoms with E-state index in [0.717, 1.165) is 6.42 Å². The van der Waals surface area contributed by atoms with Gasteiger partial charge in [0.2, 0.25) is 5.88 Å². The fourth-order valence-electron chi connectivity index (χ4n) is 3.71. The van der Waals surface area contributed by atoms with E-state index in [1.807, 2.05) is 6.92 Å². The summed E-state index contributed by atoms with van der Waals surface area (Å²) in [5, 5.41) is 11.6. The fourth-order valence-corrected chi connectivity index (χ4v) is 3.71. The van der Waals surface area contributed by atoms with Gasteiger partial charge in [-0.2, -0.15) is 0 Å². The molecule has 0 saturated carbocycles. The number of nitrogen functional groups attached to an aromatic ring is 1. The second-order valence-corrected chi connectivity index (χ2v) is 6.82. The molecule has 0 bridgehead atoms. The number of methoxy groups -OCH3 is 2. The van der Waals surface area contributed by atoms with Crippen molar-refractivity contribution in [3.8, 4) is 28.5 Å². The van der Waals surface area contributed by atoms with Crippen molar-refractivity contribution < 1.29 is 19.0 Å². The summed E-state index contributed by atoms with van der Waals surface area (Å²) < 4.78 is 27.3. The molecule has 0 atom stereocenters. The molecule has 0 radical (unpaired) electrons. The van der Waals surface area contributed by atoms with Crippen LogP contribution in [0.4, 0.5) is 10.1 Å². The average molecular weight is 395 g/mol. The van der Waals surface area contributed by atoms with E-state index in [4.69, 9.17) is 15.2 Å². The fraction of sp³-hybridized carbons (Fsp3) is 0.227. The smallest absolute Gasteiger partial charge is 0.202 e. The molecule has 0 saturated heterocycles. The summed E-state index contributed by atoms with van der Waals surface area (Å²) in [6.07, 6.45) is 2.59. The van der Waals surface area contributed by atoms with E-state index in [-0.39, 0.29) is 5.88 Å². The number of aromatic hydroxyl groups is 1. The Hall–Kier alpha value is -3.48. The Morgan fingerprint density at radius 2 is 1.90 bits per heavy atom. The number of aromatic nitrogens is 2. The number of aryl methyl sites for hydroxylation is 1. The summed E-state index contributed by atoms with van der Waals surface area (Å²) in [5.41, 5.74) is 8.62. The molecule has 0 amide bonds. The van der Waals surface area contributed by atoms with Crippen molar-refractivity contribution in [2.45, 2.75) is 19.9 Å². The van der Waals surface area contributed by atoms with Crippen molar-refractivity contribution in [3.63, 3.8) is 0 Å². The first kappa shape index (κ1) is 18.9. The van der Waals surface area contributed by atoms with Crippen LogP contribution in [0.1, 0.15) is 13.3 Å². The van der Waals surface area contributed by atoms with E-state index in [2.05, 4.69) is 4.98 Å². The average Bonchev–Trinajstić information content (AvgIpc) is 3.03. The van der Waals surface area contributed by atoms with Crippen molar-refractivity contribution in [1.29, 1.82) is 0 Å². The van der Waals surface area contributed by atoms with Crippen molar-refractivity contribution in [1.82, 2.24) is 9.55 Å². The molecule has 6 nitrogen and oxygen atoms in total. The third kappa shape index (κ3) is 2.90. The Labute approximate surface area is 167 Å². The van der Waals surface area contributed by atoms with Crippen molar-refractivity contribution in [2.24, 2.45) is 0 Å². The van der Waals surface area contributed by atoms with E-state index in [9.17, 15) is 9.50 Å². The van der Waals surface area contributed by atoms with Gasteiger partial charge >= 0.3 is 0 Å². The van der Waals surface area contributed by atoms with Crippen LogP contribution in [0.3, 0.4) is 0 Å². The first-order valence-corrected chi connectivity index (χ1v) is 9.32. The van der Waals surface area contributed by atoms with E-state index in [1.165, 1.54) is 13.2 Å². The molecule has 2 aromatic heterocycles. The van der Waals surface area contributed by atoms with Gasteiger partial charge in [0.15, 0.2) is 11.5 Å². The Morgan fingerprint density at radius 1 is 1.14 bits per heavy atom. The highest BCUT2D eigenvalue weighted by molar-refractivity contribution is 6.12. The molecular weight excluding hydrogens is 373 g/mol. The van der Waals surface area contributed by atoms with E-state index >= 15 is 0 Å². The standard InChI is InChI=1S/C22H22FN3O3/c1-4-9-26-11-15-19(22(26)27)20(24)13-6-7-14(23)18(21(13)25-15)12-5-8-16(28-2)17(10-12)29-3/h5-8,10-11,27H,4,9,24H2,1-3H3. The van der Waals surface area contributed by atoms with Crippen LogP contribution in [0.5, 0.6) is 17.4 Å². The van der Waals surface area contributed by atoms with Crippen LogP contribution in [0.25, 0.3) is 32.9 Å². The van der Waals surface area contributed by atoms with Crippen LogP contribution < -0.4 is 15.2 Å². The molecule has 4 aromatic rings. The minimum absolute atomic E-state index is 0.0748. The number of ether oxygens (including phenoxy) is 2. The molecule has 0 aliphatic heterocycles. The van der Waals surface area contributed by atoms with E-state index in [0.29, 0.717) is 56.7 Å². The zero-order valence-electron chi connectivity index (χ0n) is 16.5. The largest absolute Gasteiger partial charge is 0.494 e. The molecule has 0 fully saturated rings. The van der Waals surface area contributed by atoms with Gasteiger partial charge in [0.05, 0.1) is 36.3 Å². The lowest BCUT2D eigenvalue weighted by molar-refractivity contribution is 0.355. The number of anilines is 1. The van der Waals surface area contributed by atoms with Crippen LogP contribution in [0, 0.1) is 5.82 Å². The second kappa shape index (κ2) is 7.16. The minimum Gasteiger partial charge on any atom is -0.494 e. The van der Waals surface area contributed by atoms with Gasteiger partial charge in [-0.1, -0.05) is 13.0 Å². The maximum Gasteiger partial charge on any atom is 0.202 e. The van der Waals surface area contributed by atoms with Crippen LogP contribution in [-0.2, 0) is 6.54 Å². The van der Waals surface area contributed by atoms with Crippen LogP contribution in [0.2, 0.25) is 0 Å². The summed E-state index contributed by atoms with van der Waals surface area (Å²) in [7, 11) is 3.07. The maximum atomic E-state index is 15.0. The van der Waals surface area contributed by atoms with Crippen molar-refractivity contribution in [2.75, 3.05) is 20.0 Å². The topological polar surface area (TPSA) is 82.5 Å². The lowest BCUT2D eigenvalue weighted by Crippen LogP contribution is -1.96. The normalized spacial score (nSPS) is 11.3. The first-order valence-electron chi connectivity index (χ1n) is 9.32. The predicted molar refractivity (Wildman–Crippen MR) is 112 cm³/mol. The van der Waals surface area contributed by atoms with Gasteiger partial charge in [0, 0.05) is 23.7 Å². The highest BCUT2D eigenvalue weighted by Gasteiger charge is 2.20. The Kier molecular flexibility index (Phi) is 4.66. The quantitative estimate of drug-likeness (QED) is 0.511. The summed E-state index contributed by atoms with van der Waals surface area (Å²) in [6, 6.07) is 8.13. The Morgan fingerprint density at radius 3 is 2.59 bits per heavy atom. The Bertz CT molecular complexity index is 1230. The number of nitrogens with zero attached hydrogens (tertiary/aromatic N) is 2. The SMILES string of the molecule is CCCn1cc2nc3c(-c4ccc(OC)c(OC)c4)c(F)ccc3c(N)c2c1O. The summed E-state index contributed by atoms with van der Waals surface area (Å²) >= 11 is 0. The molecule has 0 aliphatic rings. The van der Waals surface area contributed by atoms with Crippen molar-refractivity contribution >= 4 is 27.5 Å². The second-order valence-electron chi connectivity index (χ2n) is 6.82. The lowest BCUT2D eigenvalue weighted by atomic mass is 9.99. The molecule has 3 N–H and O–H groups in total. The summed E-state index contributed by atoms with van der Waals surface area (Å²) in [6.45, 7) is 2.65. The summed E-state index contributed by atoms with van der Waals surface area (Å²) in [5.74, 6) is 0.689. The molecule has 0 unspecified atom stereocenters. The van der Waals surface area contributed by atoms with Gasteiger partial charge in [-0.15, -0.1) is 0 Å². The van der Waals surface area contributed by atoms with Crippen LogP contribution >= 0.6 is 0 Å². The number of fused-ring (bicyclic) bond motifs is 2. The monoisotopic (exact) mass is 395 g/mol. The number of benzene rings is 2. The molecule has 150 valence electrons. The number of rotatable bonds is 5. The molecule has 4 rings (SSSR count). The van der Waals surface area contributed by atoms with Gasteiger partial charge in [0.25, 0.3) is 0 Å². The predicted octanol–water partition coefficient (Wildman–Crippen LogP) is 4.71. The third-order valence-corrected chi connectivity index (χ3v) is 5.09. The van der Waals surface area contributed by atoms with Gasteiger partial charge in [-0.25, -0.2) is 9.37 Å². The first-order chi connectivity index (χ1) is 14.0. The molecule has 29 heavy (non-hydrogen) atoms. The number of nitrogens with two attached hydrogens (primary N) is 1. The molecule has 2 aromatic carbocycles. The highest BCUT2D eigenvalue weighted by Crippen LogP contribution is 2.41. The number of pyridine rings is 1. The van der Waals surface area contributed by atoms with Gasteiger partial charge in [0.1, 0.15) is 5.82 Å². The number of hydrogen-bond donors (Lipinski definition) is 2. The van der Waals surface area contributed by atoms with Crippen LogP contribution in [0.15, 0.2) is 36.5 Å². The van der Waals surface area contributed by atoms with E-state index < -0.39 is 5.82 Å². The van der Waals surface area contributed by atoms with Gasteiger partial charge in [-0.05, 0) is 36.2 Å². The van der Waals surface area contributed by atoms with Crippen molar-refractivity contribution in [3.05, 3.63) is 42.3 Å². The van der Waals surface area contributed by atoms with Gasteiger partial charge < -0.3 is 24.9 Å². The zero-order valence-corrected chi connectivity index (χ0v) is 16.5. The van der Waals surface area contributed by atoms with Gasteiger partial charge in [-0.3, -0.25) is 0 Å².